The van der Waals surface area contributed by atoms with Gasteiger partial charge < -0.3 is 19.8 Å². The molecule has 1 unspecified atom stereocenters. The fourth-order valence-corrected chi connectivity index (χ4v) is 2.96. The molecule has 0 amide bonds. The van der Waals surface area contributed by atoms with Crippen molar-refractivity contribution in [3.63, 3.8) is 0 Å². The lowest BCUT2D eigenvalue weighted by molar-refractivity contribution is 0.617. The first-order chi connectivity index (χ1) is 14.1. The second-order valence-corrected chi connectivity index (χ2v) is 6.88. The molecule has 3 rings (SSSR count). The highest BCUT2D eigenvalue weighted by Crippen LogP contribution is 2.11. The van der Waals surface area contributed by atoms with Crippen LogP contribution in [0.5, 0.6) is 0 Å². The zero-order valence-electron chi connectivity index (χ0n) is 17.5. The number of aliphatic imine (C=N–C) groups is 1. The van der Waals surface area contributed by atoms with Gasteiger partial charge in [-0.25, -0.2) is 4.99 Å². The molecule has 0 spiro atoms. The van der Waals surface area contributed by atoms with Gasteiger partial charge in [-0.3, -0.25) is 0 Å². The molecule has 9 heteroatoms. The van der Waals surface area contributed by atoms with Crippen LogP contribution in [0.15, 0.2) is 41.7 Å². The minimum absolute atomic E-state index is 0.116. The van der Waals surface area contributed by atoms with E-state index >= 15 is 0 Å². The molecule has 0 saturated carbocycles. The van der Waals surface area contributed by atoms with Crippen LogP contribution < -0.4 is 10.6 Å². The topological polar surface area (TPSA) is 97.8 Å². The summed E-state index contributed by atoms with van der Waals surface area (Å²) in [6.07, 6.45) is 2.62. The zero-order valence-corrected chi connectivity index (χ0v) is 17.5. The van der Waals surface area contributed by atoms with Crippen LogP contribution in [0.25, 0.3) is 0 Å². The molecule has 3 aromatic rings. The number of aryl methyl sites for hydroxylation is 2. The predicted octanol–water partition coefficient (Wildman–Crippen LogP) is 1.77. The van der Waals surface area contributed by atoms with Gasteiger partial charge in [0.1, 0.15) is 24.5 Å². The first-order valence-electron chi connectivity index (χ1n) is 9.89. The van der Waals surface area contributed by atoms with Crippen LogP contribution in [0.2, 0.25) is 0 Å². The highest BCUT2D eigenvalue weighted by Gasteiger charge is 2.10. The maximum Gasteiger partial charge on any atom is 0.192 e. The Morgan fingerprint density at radius 3 is 2.62 bits per heavy atom. The summed E-state index contributed by atoms with van der Waals surface area (Å²) in [5.74, 6) is 3.40. The smallest absolute Gasteiger partial charge is 0.192 e. The average molecular weight is 396 g/mol. The van der Waals surface area contributed by atoms with E-state index in [4.69, 9.17) is 4.99 Å². The number of aromatic nitrogens is 6. The quantitative estimate of drug-likeness (QED) is 0.446. The lowest BCUT2D eigenvalue weighted by atomic mass is 10.1. The van der Waals surface area contributed by atoms with Crippen molar-refractivity contribution in [1.82, 2.24) is 40.2 Å². The monoisotopic (exact) mass is 395 g/mol. The standard InChI is InChI=1S/C20H29N9/c1-5-18-26-23-14-29(18)12-11-21-20(22-13-19-27-25-16(3)28(19)4)24-15(2)17-9-7-6-8-10-17/h6-10,14-15H,5,11-13H2,1-4H3,(H2,21,22,24). The average Bonchev–Trinajstić information content (AvgIpc) is 3.33. The molecular formula is C20H29N9. The van der Waals surface area contributed by atoms with E-state index in [1.165, 1.54) is 5.56 Å². The minimum atomic E-state index is 0.116. The molecule has 0 aliphatic carbocycles. The van der Waals surface area contributed by atoms with Crippen molar-refractivity contribution in [3.8, 4) is 0 Å². The number of rotatable bonds is 8. The predicted molar refractivity (Wildman–Crippen MR) is 112 cm³/mol. The Balaban J connectivity index is 1.68. The normalized spacial score (nSPS) is 12.8. The van der Waals surface area contributed by atoms with Gasteiger partial charge in [-0.2, -0.15) is 0 Å². The van der Waals surface area contributed by atoms with E-state index in [1.54, 1.807) is 6.33 Å². The van der Waals surface area contributed by atoms with Crippen LogP contribution in [0.4, 0.5) is 0 Å². The van der Waals surface area contributed by atoms with Gasteiger partial charge in [0, 0.05) is 26.6 Å². The molecule has 1 aromatic carbocycles. The van der Waals surface area contributed by atoms with Gasteiger partial charge >= 0.3 is 0 Å². The Morgan fingerprint density at radius 1 is 1.14 bits per heavy atom. The molecule has 2 heterocycles. The highest BCUT2D eigenvalue weighted by molar-refractivity contribution is 5.80. The summed E-state index contributed by atoms with van der Waals surface area (Å²) in [7, 11) is 1.95. The lowest BCUT2D eigenvalue weighted by Gasteiger charge is -2.19. The molecule has 0 radical (unpaired) electrons. The molecule has 0 aliphatic rings. The summed E-state index contributed by atoms with van der Waals surface area (Å²) in [6.45, 7) is 8.04. The van der Waals surface area contributed by atoms with Crippen molar-refractivity contribution in [3.05, 3.63) is 59.7 Å². The van der Waals surface area contributed by atoms with Gasteiger partial charge in [0.05, 0.1) is 6.04 Å². The number of guanidine groups is 1. The molecular weight excluding hydrogens is 366 g/mol. The Hall–Kier alpha value is -3.23. The molecule has 0 saturated heterocycles. The molecule has 0 aliphatic heterocycles. The second kappa shape index (κ2) is 9.81. The van der Waals surface area contributed by atoms with E-state index < -0.39 is 0 Å². The van der Waals surface area contributed by atoms with Crippen LogP contribution in [0.3, 0.4) is 0 Å². The summed E-state index contributed by atoms with van der Waals surface area (Å²) >= 11 is 0. The van der Waals surface area contributed by atoms with E-state index in [2.05, 4.69) is 61.6 Å². The SMILES string of the molecule is CCc1nncn1CCNC(=NCc1nnc(C)n1C)NC(C)c1ccccc1. The summed E-state index contributed by atoms with van der Waals surface area (Å²) in [5.41, 5.74) is 1.20. The molecule has 0 bridgehead atoms. The minimum Gasteiger partial charge on any atom is -0.355 e. The highest BCUT2D eigenvalue weighted by atomic mass is 15.3. The van der Waals surface area contributed by atoms with E-state index in [-0.39, 0.29) is 6.04 Å². The maximum absolute atomic E-state index is 4.73. The van der Waals surface area contributed by atoms with Crippen molar-refractivity contribution in [2.75, 3.05) is 6.54 Å². The van der Waals surface area contributed by atoms with Crippen LogP contribution in [0, 0.1) is 6.92 Å². The van der Waals surface area contributed by atoms with Crippen LogP contribution in [-0.4, -0.2) is 42.0 Å². The van der Waals surface area contributed by atoms with Crippen molar-refractivity contribution in [2.45, 2.75) is 46.3 Å². The maximum atomic E-state index is 4.73. The molecule has 154 valence electrons. The largest absolute Gasteiger partial charge is 0.355 e. The molecule has 29 heavy (non-hydrogen) atoms. The Morgan fingerprint density at radius 2 is 1.93 bits per heavy atom. The van der Waals surface area contributed by atoms with Crippen molar-refractivity contribution >= 4 is 5.96 Å². The Labute approximate surface area is 171 Å². The van der Waals surface area contributed by atoms with Gasteiger partial charge in [0.2, 0.25) is 0 Å². The van der Waals surface area contributed by atoms with Crippen molar-refractivity contribution in [2.24, 2.45) is 12.0 Å². The van der Waals surface area contributed by atoms with Crippen molar-refractivity contribution < 1.29 is 0 Å². The summed E-state index contributed by atoms with van der Waals surface area (Å²) in [5, 5.41) is 23.3. The van der Waals surface area contributed by atoms with E-state index in [1.807, 2.05) is 36.7 Å². The first-order valence-corrected chi connectivity index (χ1v) is 9.89. The fraction of sp³-hybridized carbons (Fsp3) is 0.450. The third kappa shape index (κ3) is 5.40. The molecule has 0 fully saturated rings. The zero-order chi connectivity index (χ0) is 20.6. The van der Waals surface area contributed by atoms with Gasteiger partial charge in [-0.1, -0.05) is 37.3 Å². The van der Waals surface area contributed by atoms with Crippen LogP contribution in [0.1, 0.15) is 42.9 Å². The third-order valence-corrected chi connectivity index (χ3v) is 4.87. The molecule has 2 aromatic heterocycles. The first kappa shape index (κ1) is 20.5. The Bertz CT molecular complexity index is 927. The van der Waals surface area contributed by atoms with Crippen LogP contribution >= 0.6 is 0 Å². The molecule has 9 nitrogen and oxygen atoms in total. The van der Waals surface area contributed by atoms with E-state index in [0.29, 0.717) is 13.1 Å². The number of nitrogens with one attached hydrogen (secondary N) is 2. The van der Waals surface area contributed by atoms with Gasteiger partial charge in [0.15, 0.2) is 11.8 Å². The summed E-state index contributed by atoms with van der Waals surface area (Å²) in [4.78, 5) is 4.73. The lowest BCUT2D eigenvalue weighted by Crippen LogP contribution is -2.40. The van der Waals surface area contributed by atoms with Gasteiger partial charge in [-0.15, -0.1) is 20.4 Å². The fourth-order valence-electron chi connectivity index (χ4n) is 2.96. The van der Waals surface area contributed by atoms with Crippen molar-refractivity contribution in [1.29, 1.82) is 0 Å². The number of nitrogens with zero attached hydrogens (tertiary/aromatic N) is 7. The summed E-state index contributed by atoms with van der Waals surface area (Å²) < 4.78 is 4.00. The Kier molecular flexibility index (Phi) is 6.94. The molecule has 2 N–H and O–H groups in total. The van der Waals surface area contributed by atoms with Gasteiger partial charge in [0.25, 0.3) is 0 Å². The van der Waals surface area contributed by atoms with E-state index in [9.17, 15) is 0 Å². The summed E-state index contributed by atoms with van der Waals surface area (Å²) in [6, 6.07) is 10.4. The number of hydrogen-bond donors (Lipinski definition) is 2. The number of benzene rings is 1. The third-order valence-electron chi connectivity index (χ3n) is 4.87. The molecule has 1 atom stereocenters. The second-order valence-electron chi connectivity index (χ2n) is 6.88. The van der Waals surface area contributed by atoms with Crippen LogP contribution in [-0.2, 0) is 26.6 Å². The van der Waals surface area contributed by atoms with Gasteiger partial charge in [-0.05, 0) is 19.4 Å². The van der Waals surface area contributed by atoms with E-state index in [0.717, 1.165) is 36.4 Å². The number of hydrogen-bond acceptors (Lipinski definition) is 5.